The van der Waals surface area contributed by atoms with E-state index in [4.69, 9.17) is 9.47 Å². The molecule has 0 spiro atoms. The lowest BCUT2D eigenvalue weighted by Gasteiger charge is -2.15. The minimum absolute atomic E-state index is 0.0926. The Bertz CT molecular complexity index is 786. The van der Waals surface area contributed by atoms with E-state index in [1.807, 2.05) is 0 Å². The summed E-state index contributed by atoms with van der Waals surface area (Å²) in [6, 6.07) is 5.14. The summed E-state index contributed by atoms with van der Waals surface area (Å²) in [7, 11) is 0. The highest BCUT2D eigenvalue weighted by molar-refractivity contribution is 5.72. The van der Waals surface area contributed by atoms with Gasteiger partial charge in [-0.1, -0.05) is 12.8 Å². The lowest BCUT2D eigenvalue weighted by molar-refractivity contribution is 0.239. The Labute approximate surface area is 150 Å². The van der Waals surface area contributed by atoms with Crippen molar-refractivity contribution in [3.63, 3.8) is 0 Å². The topological polar surface area (TPSA) is 38.7 Å². The van der Waals surface area contributed by atoms with Gasteiger partial charge >= 0.3 is 0 Å². The molecule has 0 atom stereocenters. The third kappa shape index (κ3) is 3.59. The number of phenols is 1. The second-order valence-electron chi connectivity index (χ2n) is 6.41. The van der Waals surface area contributed by atoms with Crippen molar-refractivity contribution in [2.75, 3.05) is 13.2 Å². The maximum absolute atomic E-state index is 14.4. The molecule has 0 bridgehead atoms. The fraction of sp³-hybridized carbons (Fsp3) is 0.400. The average molecular weight is 366 g/mol. The van der Waals surface area contributed by atoms with E-state index in [1.54, 1.807) is 6.92 Å². The van der Waals surface area contributed by atoms with E-state index in [9.17, 15) is 18.3 Å². The van der Waals surface area contributed by atoms with Crippen LogP contribution in [0.4, 0.5) is 13.2 Å². The van der Waals surface area contributed by atoms with Gasteiger partial charge in [0.25, 0.3) is 0 Å². The zero-order chi connectivity index (χ0) is 18.7. The first-order valence-corrected chi connectivity index (χ1v) is 8.78. The molecule has 1 fully saturated rings. The molecule has 1 aliphatic rings. The first kappa shape index (κ1) is 18.4. The van der Waals surface area contributed by atoms with Gasteiger partial charge in [0, 0.05) is 11.1 Å². The second-order valence-corrected chi connectivity index (χ2v) is 6.41. The maximum Gasteiger partial charge on any atom is 0.207 e. The van der Waals surface area contributed by atoms with Gasteiger partial charge in [-0.25, -0.2) is 4.39 Å². The Morgan fingerprint density at radius 3 is 2.15 bits per heavy atom. The lowest BCUT2D eigenvalue weighted by atomic mass is 10.0. The Balaban J connectivity index is 1.87. The number of halogens is 3. The van der Waals surface area contributed by atoms with Crippen LogP contribution in [0.1, 0.15) is 32.6 Å². The number of hydrogen-bond acceptors (Lipinski definition) is 3. The molecule has 6 heteroatoms. The lowest BCUT2D eigenvalue weighted by Crippen LogP contribution is -2.09. The molecule has 1 aliphatic carbocycles. The van der Waals surface area contributed by atoms with Gasteiger partial charge in [-0.3, -0.25) is 0 Å². The first-order valence-electron chi connectivity index (χ1n) is 8.78. The minimum atomic E-state index is -1.20. The molecule has 0 amide bonds. The molecule has 140 valence electrons. The van der Waals surface area contributed by atoms with Gasteiger partial charge in [-0.15, -0.1) is 0 Å². The van der Waals surface area contributed by atoms with Crippen molar-refractivity contribution in [2.24, 2.45) is 5.92 Å². The van der Waals surface area contributed by atoms with Crippen LogP contribution in [-0.2, 0) is 0 Å². The van der Waals surface area contributed by atoms with Crippen LogP contribution in [0, 0.1) is 23.4 Å². The van der Waals surface area contributed by atoms with Gasteiger partial charge in [0.15, 0.2) is 23.1 Å². The summed E-state index contributed by atoms with van der Waals surface area (Å²) in [6.45, 7) is 2.21. The highest BCUT2D eigenvalue weighted by atomic mass is 19.2. The summed E-state index contributed by atoms with van der Waals surface area (Å²) in [5, 5.41) is 10.1. The normalized spacial score (nSPS) is 14.6. The van der Waals surface area contributed by atoms with Crippen molar-refractivity contribution in [3.8, 4) is 28.4 Å². The van der Waals surface area contributed by atoms with Crippen molar-refractivity contribution >= 4 is 0 Å². The monoisotopic (exact) mass is 366 g/mol. The van der Waals surface area contributed by atoms with Crippen LogP contribution in [0.5, 0.6) is 17.2 Å². The molecule has 0 saturated heterocycles. The van der Waals surface area contributed by atoms with Crippen LogP contribution in [0.3, 0.4) is 0 Å². The molecule has 2 aromatic carbocycles. The number of hydrogen-bond donors (Lipinski definition) is 1. The van der Waals surface area contributed by atoms with Crippen LogP contribution in [0.15, 0.2) is 24.3 Å². The Hall–Kier alpha value is -2.37. The van der Waals surface area contributed by atoms with E-state index in [2.05, 4.69) is 0 Å². The van der Waals surface area contributed by atoms with Crippen LogP contribution >= 0.6 is 0 Å². The van der Waals surface area contributed by atoms with Crippen molar-refractivity contribution in [3.05, 3.63) is 41.7 Å². The van der Waals surface area contributed by atoms with Crippen LogP contribution in [0.2, 0.25) is 0 Å². The van der Waals surface area contributed by atoms with E-state index in [1.165, 1.54) is 24.3 Å². The van der Waals surface area contributed by atoms with Crippen molar-refractivity contribution in [2.45, 2.75) is 32.6 Å². The maximum atomic E-state index is 14.4. The van der Waals surface area contributed by atoms with E-state index in [-0.39, 0.29) is 29.2 Å². The SMILES string of the molecule is CCOc1ccc(-c2ccc(OCC3CCCC3)c(F)c2O)c(F)c1F. The van der Waals surface area contributed by atoms with E-state index in [0.29, 0.717) is 12.5 Å². The molecule has 0 aromatic heterocycles. The molecule has 3 rings (SSSR count). The molecule has 0 unspecified atom stereocenters. The number of aromatic hydroxyl groups is 1. The summed E-state index contributed by atoms with van der Waals surface area (Å²) in [5.41, 5.74) is -0.389. The molecule has 3 nitrogen and oxygen atoms in total. The molecule has 2 aromatic rings. The number of benzene rings is 2. The van der Waals surface area contributed by atoms with Crippen molar-refractivity contribution < 1.29 is 27.8 Å². The number of ether oxygens (including phenoxy) is 2. The van der Waals surface area contributed by atoms with Gasteiger partial charge in [0.1, 0.15) is 0 Å². The largest absolute Gasteiger partial charge is 0.504 e. The van der Waals surface area contributed by atoms with Crippen molar-refractivity contribution in [1.29, 1.82) is 0 Å². The minimum Gasteiger partial charge on any atom is -0.504 e. The zero-order valence-electron chi connectivity index (χ0n) is 14.5. The van der Waals surface area contributed by atoms with Crippen LogP contribution < -0.4 is 9.47 Å². The van der Waals surface area contributed by atoms with Gasteiger partial charge in [0.05, 0.1) is 13.2 Å². The van der Waals surface area contributed by atoms with Crippen molar-refractivity contribution in [1.82, 2.24) is 0 Å². The van der Waals surface area contributed by atoms with Gasteiger partial charge in [-0.2, -0.15) is 8.78 Å². The summed E-state index contributed by atoms with van der Waals surface area (Å²) < 4.78 is 53.3. The molecule has 1 N–H and O–H groups in total. The summed E-state index contributed by atoms with van der Waals surface area (Å²) >= 11 is 0. The van der Waals surface area contributed by atoms with Crippen LogP contribution in [0.25, 0.3) is 11.1 Å². The highest BCUT2D eigenvalue weighted by Gasteiger charge is 2.22. The molecular weight excluding hydrogens is 345 g/mol. The van der Waals surface area contributed by atoms with Gasteiger partial charge in [0.2, 0.25) is 11.6 Å². The number of rotatable bonds is 6. The molecular formula is C20H21F3O3. The van der Waals surface area contributed by atoms with Crippen LogP contribution in [-0.4, -0.2) is 18.3 Å². The van der Waals surface area contributed by atoms with E-state index < -0.39 is 23.2 Å². The Morgan fingerprint density at radius 2 is 1.50 bits per heavy atom. The predicted octanol–water partition coefficient (Wildman–Crippen LogP) is 5.44. The first-order chi connectivity index (χ1) is 12.5. The fourth-order valence-electron chi connectivity index (χ4n) is 3.27. The van der Waals surface area contributed by atoms with E-state index >= 15 is 0 Å². The Kier molecular flexibility index (Phi) is 5.59. The molecule has 0 aliphatic heterocycles. The summed E-state index contributed by atoms with van der Waals surface area (Å²) in [5.74, 6) is -4.06. The zero-order valence-corrected chi connectivity index (χ0v) is 14.5. The molecule has 0 heterocycles. The quantitative estimate of drug-likeness (QED) is 0.739. The fourth-order valence-corrected chi connectivity index (χ4v) is 3.27. The molecule has 0 radical (unpaired) electrons. The summed E-state index contributed by atoms with van der Waals surface area (Å²) in [6.07, 6.45) is 4.37. The smallest absolute Gasteiger partial charge is 0.207 e. The second kappa shape index (κ2) is 7.89. The Morgan fingerprint density at radius 1 is 0.885 bits per heavy atom. The average Bonchev–Trinajstić information content (AvgIpc) is 3.15. The third-order valence-electron chi connectivity index (χ3n) is 4.67. The van der Waals surface area contributed by atoms with Gasteiger partial charge in [-0.05, 0) is 49.9 Å². The standard InChI is InChI=1S/C20H21F3O3/c1-2-25-15-9-7-13(17(21)18(15)22)14-8-10-16(19(23)20(14)24)26-11-12-5-3-4-6-12/h7-10,12,24H,2-6,11H2,1H3. The summed E-state index contributed by atoms with van der Waals surface area (Å²) in [4.78, 5) is 0. The highest BCUT2D eigenvalue weighted by Crippen LogP contribution is 2.39. The van der Waals surface area contributed by atoms with E-state index in [0.717, 1.165) is 25.7 Å². The molecule has 26 heavy (non-hydrogen) atoms. The molecule has 1 saturated carbocycles. The van der Waals surface area contributed by atoms with Gasteiger partial charge < -0.3 is 14.6 Å². The third-order valence-corrected chi connectivity index (χ3v) is 4.67. The predicted molar refractivity (Wildman–Crippen MR) is 92.0 cm³/mol. The number of phenolic OH excluding ortho intramolecular Hbond substituents is 1.